The van der Waals surface area contributed by atoms with Crippen molar-refractivity contribution in [2.45, 2.75) is 43.4 Å². The van der Waals surface area contributed by atoms with E-state index in [9.17, 15) is 13.2 Å². The van der Waals surface area contributed by atoms with E-state index in [4.69, 9.17) is 9.15 Å². The van der Waals surface area contributed by atoms with E-state index in [-0.39, 0.29) is 11.9 Å². The third kappa shape index (κ3) is 8.12. The normalized spacial score (nSPS) is 17.5. The highest BCUT2D eigenvalue weighted by Gasteiger charge is 2.23. The lowest BCUT2D eigenvalue weighted by molar-refractivity contribution is 0.0883. The number of likely N-dealkylation sites (tertiary alicyclic amines) is 1. The number of furan rings is 1. The molecule has 1 aromatic heterocycles. The average Bonchev–Trinajstić information content (AvgIpc) is 3.47. The number of carbonyl (C=O) groups is 1. The first-order chi connectivity index (χ1) is 21.7. The van der Waals surface area contributed by atoms with E-state index in [1.807, 2.05) is 36.4 Å². The van der Waals surface area contributed by atoms with Gasteiger partial charge in [0.25, 0.3) is 5.91 Å². The van der Waals surface area contributed by atoms with Gasteiger partial charge in [-0.05, 0) is 72.0 Å². The molecule has 0 spiro atoms. The lowest BCUT2D eigenvalue weighted by Crippen LogP contribution is -2.45. The maximum absolute atomic E-state index is 13.1. The third-order valence-electron chi connectivity index (χ3n) is 8.90. The molecule has 0 unspecified atom stereocenters. The Morgan fingerprint density at radius 2 is 1.40 bits per heavy atom. The molecule has 45 heavy (non-hydrogen) atoms. The largest absolute Gasteiger partial charge is 0.497 e. The minimum atomic E-state index is -3.17. The third-order valence-corrected chi connectivity index (χ3v) is 10.0. The van der Waals surface area contributed by atoms with Crippen LogP contribution in [0.25, 0.3) is 11.0 Å². The molecule has 10 heteroatoms. The van der Waals surface area contributed by atoms with Crippen molar-refractivity contribution in [1.82, 2.24) is 20.0 Å². The first-order valence-electron chi connectivity index (χ1n) is 15.6. The van der Waals surface area contributed by atoms with Crippen molar-refractivity contribution >= 4 is 26.7 Å². The van der Waals surface area contributed by atoms with Crippen molar-refractivity contribution in [2.75, 3.05) is 52.6 Å². The Hall–Kier alpha value is -3.70. The summed E-state index contributed by atoms with van der Waals surface area (Å²) in [7, 11) is -1.49. The number of hydrogen-bond donors (Lipinski definition) is 1. The minimum Gasteiger partial charge on any atom is -0.497 e. The number of fused-ring (bicyclic) bond motifs is 1. The molecule has 2 fully saturated rings. The van der Waals surface area contributed by atoms with Gasteiger partial charge in [-0.2, -0.15) is 0 Å². The molecule has 238 valence electrons. The number of sulfone groups is 1. The van der Waals surface area contributed by atoms with Crippen molar-refractivity contribution in [3.63, 3.8) is 0 Å². The van der Waals surface area contributed by atoms with Gasteiger partial charge < -0.3 is 14.5 Å². The zero-order chi connectivity index (χ0) is 31.4. The van der Waals surface area contributed by atoms with Gasteiger partial charge in [-0.1, -0.05) is 30.3 Å². The molecule has 0 atom stereocenters. The molecule has 0 bridgehead atoms. The van der Waals surface area contributed by atoms with Gasteiger partial charge in [0.2, 0.25) is 0 Å². The summed E-state index contributed by atoms with van der Waals surface area (Å²) in [5.41, 5.74) is 4.28. The van der Waals surface area contributed by atoms with E-state index >= 15 is 0 Å². The number of nitrogens with one attached hydrogen (secondary N) is 1. The van der Waals surface area contributed by atoms with E-state index in [0.717, 1.165) is 94.0 Å². The number of benzene rings is 3. The number of ether oxygens (including phenoxy) is 1. The standard InChI is InChI=1S/C35H42N4O5S/c1-43-31-5-3-4-27(21-31)24-37-14-12-30(13-15-37)36-35(40)34-22-29-20-28(8-11-33(29)44-34)25-39-18-16-38(17-19-39)23-26-6-9-32(10-7-26)45(2,41)42/h3-11,20-22,30H,12-19,23-25H2,1-2H3,(H,36,40). The number of carbonyl (C=O) groups excluding carboxylic acids is 1. The molecule has 3 aromatic carbocycles. The molecule has 0 radical (unpaired) electrons. The Labute approximate surface area is 265 Å². The number of piperazine rings is 1. The van der Waals surface area contributed by atoms with Crippen LogP contribution in [0.2, 0.25) is 0 Å². The van der Waals surface area contributed by atoms with Crippen LogP contribution in [0.5, 0.6) is 5.75 Å². The Morgan fingerprint density at radius 3 is 2.04 bits per heavy atom. The lowest BCUT2D eigenvalue weighted by Gasteiger charge is -2.34. The van der Waals surface area contributed by atoms with E-state index in [2.05, 4.69) is 44.3 Å². The minimum absolute atomic E-state index is 0.133. The van der Waals surface area contributed by atoms with Crippen LogP contribution in [0.3, 0.4) is 0 Å². The summed E-state index contributed by atoms with van der Waals surface area (Å²) in [6, 6.07) is 23.6. The van der Waals surface area contributed by atoms with E-state index in [1.165, 1.54) is 17.4 Å². The fourth-order valence-corrected chi connectivity index (χ4v) is 6.92. The molecule has 0 saturated carbocycles. The second kappa shape index (κ2) is 13.7. The molecule has 1 N–H and O–H groups in total. The molecule has 0 aliphatic carbocycles. The highest BCUT2D eigenvalue weighted by atomic mass is 32.2. The van der Waals surface area contributed by atoms with Crippen molar-refractivity contribution in [3.8, 4) is 5.75 Å². The highest BCUT2D eigenvalue weighted by Crippen LogP contribution is 2.23. The monoisotopic (exact) mass is 630 g/mol. The van der Waals surface area contributed by atoms with Crippen LogP contribution < -0.4 is 10.1 Å². The summed E-state index contributed by atoms with van der Waals surface area (Å²) in [5, 5.41) is 4.14. The molecule has 4 aromatic rings. The maximum Gasteiger partial charge on any atom is 0.287 e. The predicted octanol–water partition coefficient (Wildman–Crippen LogP) is 4.56. The molecule has 3 heterocycles. The zero-order valence-electron chi connectivity index (χ0n) is 26.1. The predicted molar refractivity (Wildman–Crippen MR) is 175 cm³/mol. The summed E-state index contributed by atoms with van der Waals surface area (Å²) < 4.78 is 34.7. The summed E-state index contributed by atoms with van der Waals surface area (Å²) in [6.45, 7) is 8.20. The first-order valence-corrected chi connectivity index (χ1v) is 17.5. The maximum atomic E-state index is 13.1. The van der Waals surface area contributed by atoms with Crippen LogP contribution in [0.4, 0.5) is 0 Å². The second-order valence-corrected chi connectivity index (χ2v) is 14.3. The van der Waals surface area contributed by atoms with Crippen molar-refractivity contribution in [1.29, 1.82) is 0 Å². The number of hydrogen-bond acceptors (Lipinski definition) is 8. The Kier molecular flexibility index (Phi) is 9.56. The zero-order valence-corrected chi connectivity index (χ0v) is 26.9. The van der Waals surface area contributed by atoms with Gasteiger partial charge in [0.05, 0.1) is 12.0 Å². The van der Waals surface area contributed by atoms with Gasteiger partial charge in [0.15, 0.2) is 15.6 Å². The van der Waals surface area contributed by atoms with Crippen LogP contribution >= 0.6 is 0 Å². The second-order valence-electron chi connectivity index (χ2n) is 12.3. The number of rotatable bonds is 10. The molecule has 2 aliphatic rings. The van der Waals surface area contributed by atoms with Crippen LogP contribution in [0.1, 0.15) is 40.1 Å². The van der Waals surface area contributed by atoms with Gasteiger partial charge in [-0.15, -0.1) is 0 Å². The highest BCUT2D eigenvalue weighted by molar-refractivity contribution is 7.90. The molecule has 6 rings (SSSR count). The van der Waals surface area contributed by atoms with Crippen LogP contribution in [-0.2, 0) is 29.5 Å². The van der Waals surface area contributed by atoms with E-state index < -0.39 is 9.84 Å². The molecule has 2 saturated heterocycles. The Balaban J connectivity index is 0.963. The fraction of sp³-hybridized carbons (Fsp3) is 0.400. The SMILES string of the molecule is COc1cccc(CN2CCC(NC(=O)c3cc4cc(CN5CCN(Cc6ccc(S(C)(=O)=O)cc6)CC5)ccc4o3)CC2)c1. The summed E-state index contributed by atoms with van der Waals surface area (Å²) in [5.74, 6) is 1.08. The van der Waals surface area contributed by atoms with Crippen molar-refractivity contribution in [3.05, 3.63) is 95.2 Å². The molecule has 2 aliphatic heterocycles. The van der Waals surface area contributed by atoms with Gasteiger partial charge in [-0.3, -0.25) is 19.5 Å². The van der Waals surface area contributed by atoms with E-state index in [1.54, 1.807) is 19.2 Å². The number of piperidine rings is 1. The molecular weight excluding hydrogens is 588 g/mol. The van der Waals surface area contributed by atoms with Crippen molar-refractivity contribution in [2.24, 2.45) is 0 Å². The summed E-state index contributed by atoms with van der Waals surface area (Å²) >= 11 is 0. The van der Waals surface area contributed by atoms with Gasteiger partial charge in [0.1, 0.15) is 11.3 Å². The quantitative estimate of drug-likeness (QED) is 0.273. The van der Waals surface area contributed by atoms with Crippen LogP contribution in [0.15, 0.2) is 82.1 Å². The number of amides is 1. The first kappa shape index (κ1) is 31.3. The number of nitrogens with zero attached hydrogens (tertiary/aromatic N) is 3. The average molecular weight is 631 g/mol. The fourth-order valence-electron chi connectivity index (χ4n) is 6.29. The Bertz CT molecular complexity index is 1720. The van der Waals surface area contributed by atoms with Gasteiger partial charge in [-0.25, -0.2) is 8.42 Å². The molecule has 1 amide bonds. The smallest absolute Gasteiger partial charge is 0.287 e. The summed E-state index contributed by atoms with van der Waals surface area (Å²) in [6.07, 6.45) is 3.05. The van der Waals surface area contributed by atoms with Gasteiger partial charge >= 0.3 is 0 Å². The van der Waals surface area contributed by atoms with Crippen molar-refractivity contribution < 1.29 is 22.4 Å². The van der Waals surface area contributed by atoms with Crippen LogP contribution in [0, 0.1) is 0 Å². The topological polar surface area (TPSA) is 95.3 Å². The van der Waals surface area contributed by atoms with E-state index in [0.29, 0.717) is 10.7 Å². The van der Waals surface area contributed by atoms with Gasteiger partial charge in [0, 0.05) is 76.6 Å². The molecule has 9 nitrogen and oxygen atoms in total. The Morgan fingerprint density at radius 1 is 0.800 bits per heavy atom. The molecular formula is C35H42N4O5S. The lowest BCUT2D eigenvalue weighted by atomic mass is 10.0. The summed E-state index contributed by atoms with van der Waals surface area (Å²) in [4.78, 5) is 20.7. The number of methoxy groups -OCH3 is 1. The van der Waals surface area contributed by atoms with Crippen LogP contribution in [-0.4, -0.2) is 87.7 Å².